The van der Waals surface area contributed by atoms with Crippen LogP contribution in [0.15, 0.2) is 36.0 Å². The highest BCUT2D eigenvalue weighted by molar-refractivity contribution is 7.71. The number of aromatic nitrogens is 3. The summed E-state index contributed by atoms with van der Waals surface area (Å²) in [6.07, 6.45) is 1.69. The number of benzene rings is 1. The van der Waals surface area contributed by atoms with Crippen molar-refractivity contribution in [3.63, 3.8) is 0 Å². The van der Waals surface area contributed by atoms with Gasteiger partial charge in [0.15, 0.2) is 4.77 Å². The summed E-state index contributed by atoms with van der Waals surface area (Å²) in [5.41, 5.74) is 1.04. The molecule has 0 fully saturated rings. The lowest BCUT2D eigenvalue weighted by molar-refractivity contribution is 1.03. The lowest BCUT2D eigenvalue weighted by Gasteiger charge is -2.00. The van der Waals surface area contributed by atoms with Crippen LogP contribution >= 0.6 is 23.6 Å². The highest BCUT2D eigenvalue weighted by Gasteiger charge is 2.00. The Bertz CT molecular complexity index is 662. The molecule has 2 aromatic heterocycles. The lowest BCUT2D eigenvalue weighted by Crippen LogP contribution is -1.90. The maximum absolute atomic E-state index is 5.12. The van der Waals surface area contributed by atoms with Crippen LogP contribution in [-0.2, 0) is 0 Å². The zero-order valence-electron chi connectivity index (χ0n) is 7.68. The molecule has 3 nitrogen and oxygen atoms in total. The van der Waals surface area contributed by atoms with Gasteiger partial charge in [0.2, 0.25) is 0 Å². The monoisotopic (exact) mass is 233 g/mol. The predicted molar refractivity (Wildman–Crippen MR) is 64.1 cm³/mol. The number of nitrogens with zero attached hydrogens (tertiary/aromatic N) is 2. The number of hydrogen-bond acceptors (Lipinski definition) is 3. The Kier molecular flexibility index (Phi) is 1.93. The second kappa shape index (κ2) is 3.29. The summed E-state index contributed by atoms with van der Waals surface area (Å²) in [6.45, 7) is 0. The standard InChI is InChI=1S/C10H7N3S2/c14-10-12-11-6-13(10)8-1-2-9-7(5-8)3-4-15-9/h1-6H,(H,12,14). The molecule has 0 unspecified atom stereocenters. The van der Waals surface area contributed by atoms with Crippen LogP contribution in [0.25, 0.3) is 15.8 Å². The SMILES string of the molecule is S=c1[nH]ncn1-c1ccc2sccc2c1. The predicted octanol–water partition coefficient (Wildman–Crippen LogP) is 3.14. The number of H-pyrrole nitrogens is 1. The molecule has 3 aromatic rings. The second-order valence-corrected chi connectivity index (χ2v) is 4.51. The van der Waals surface area contributed by atoms with Gasteiger partial charge in [-0.1, -0.05) is 0 Å². The van der Waals surface area contributed by atoms with E-state index in [2.05, 4.69) is 33.8 Å². The fourth-order valence-electron chi connectivity index (χ4n) is 1.54. The molecule has 2 heterocycles. The van der Waals surface area contributed by atoms with Gasteiger partial charge in [-0.2, -0.15) is 5.10 Å². The molecular weight excluding hydrogens is 226 g/mol. The molecule has 0 bridgehead atoms. The van der Waals surface area contributed by atoms with Crippen LogP contribution in [0.1, 0.15) is 0 Å². The molecule has 0 amide bonds. The summed E-state index contributed by atoms with van der Waals surface area (Å²) in [4.78, 5) is 0. The second-order valence-electron chi connectivity index (χ2n) is 3.17. The first kappa shape index (κ1) is 8.82. The third kappa shape index (κ3) is 1.40. The van der Waals surface area contributed by atoms with E-state index in [1.807, 2.05) is 10.6 Å². The molecule has 0 saturated carbocycles. The van der Waals surface area contributed by atoms with Crippen LogP contribution in [0.5, 0.6) is 0 Å². The summed E-state index contributed by atoms with van der Waals surface area (Å²) in [5, 5.41) is 9.96. The topological polar surface area (TPSA) is 33.6 Å². The molecule has 0 atom stereocenters. The normalized spacial score (nSPS) is 10.9. The first-order valence-electron chi connectivity index (χ1n) is 4.44. The molecule has 0 aliphatic carbocycles. The van der Waals surface area contributed by atoms with Crippen molar-refractivity contribution in [2.45, 2.75) is 0 Å². The van der Waals surface area contributed by atoms with Crippen LogP contribution in [0, 0.1) is 4.77 Å². The summed E-state index contributed by atoms with van der Waals surface area (Å²) < 4.78 is 3.75. The molecular formula is C10H7N3S2. The van der Waals surface area contributed by atoms with E-state index < -0.39 is 0 Å². The molecule has 0 aliphatic rings. The fourth-order valence-corrected chi connectivity index (χ4v) is 2.51. The molecule has 0 radical (unpaired) electrons. The Morgan fingerprint density at radius 2 is 2.27 bits per heavy atom. The van der Waals surface area contributed by atoms with E-state index in [-0.39, 0.29) is 0 Å². The Labute approximate surface area is 95.0 Å². The summed E-state index contributed by atoms with van der Waals surface area (Å²) >= 11 is 6.86. The van der Waals surface area contributed by atoms with Crippen molar-refractivity contribution in [3.8, 4) is 5.69 Å². The van der Waals surface area contributed by atoms with Gasteiger partial charge in [0, 0.05) is 4.70 Å². The van der Waals surface area contributed by atoms with Crippen molar-refractivity contribution in [1.82, 2.24) is 14.8 Å². The minimum absolute atomic E-state index is 0.615. The summed E-state index contributed by atoms with van der Waals surface area (Å²) in [6, 6.07) is 8.36. The maximum atomic E-state index is 5.12. The van der Waals surface area contributed by atoms with Crippen molar-refractivity contribution < 1.29 is 0 Å². The van der Waals surface area contributed by atoms with Gasteiger partial charge in [-0.15, -0.1) is 11.3 Å². The number of thiophene rings is 1. The van der Waals surface area contributed by atoms with Gasteiger partial charge < -0.3 is 0 Å². The Balaban J connectivity index is 2.28. The van der Waals surface area contributed by atoms with Crippen LogP contribution < -0.4 is 0 Å². The number of rotatable bonds is 1. The van der Waals surface area contributed by atoms with E-state index in [0.717, 1.165) is 5.69 Å². The molecule has 3 rings (SSSR count). The van der Waals surface area contributed by atoms with Gasteiger partial charge in [0.05, 0.1) is 5.69 Å². The van der Waals surface area contributed by atoms with Gasteiger partial charge in [-0.05, 0) is 47.2 Å². The van der Waals surface area contributed by atoms with E-state index in [4.69, 9.17) is 12.2 Å². The van der Waals surface area contributed by atoms with Crippen LogP contribution in [0.4, 0.5) is 0 Å². The number of hydrogen-bond donors (Lipinski definition) is 1. The quantitative estimate of drug-likeness (QED) is 0.655. The van der Waals surface area contributed by atoms with Crippen molar-refractivity contribution in [3.05, 3.63) is 40.7 Å². The van der Waals surface area contributed by atoms with Crippen molar-refractivity contribution >= 4 is 33.6 Å². The van der Waals surface area contributed by atoms with Gasteiger partial charge in [-0.25, -0.2) is 0 Å². The third-order valence-electron chi connectivity index (χ3n) is 2.27. The van der Waals surface area contributed by atoms with Gasteiger partial charge in [0.25, 0.3) is 0 Å². The lowest BCUT2D eigenvalue weighted by atomic mass is 10.2. The maximum Gasteiger partial charge on any atom is 0.199 e. The van der Waals surface area contributed by atoms with Crippen LogP contribution in [0.3, 0.4) is 0 Å². The van der Waals surface area contributed by atoms with E-state index >= 15 is 0 Å². The first-order valence-corrected chi connectivity index (χ1v) is 5.73. The minimum atomic E-state index is 0.615. The summed E-state index contributed by atoms with van der Waals surface area (Å²) in [7, 11) is 0. The Hall–Kier alpha value is -1.46. The van der Waals surface area contributed by atoms with E-state index in [0.29, 0.717) is 4.77 Å². The zero-order valence-corrected chi connectivity index (χ0v) is 9.31. The third-order valence-corrected chi connectivity index (χ3v) is 3.45. The van der Waals surface area contributed by atoms with Crippen LogP contribution in [0.2, 0.25) is 0 Å². The largest absolute Gasteiger partial charge is 0.275 e. The van der Waals surface area contributed by atoms with Gasteiger partial charge >= 0.3 is 0 Å². The Morgan fingerprint density at radius 1 is 1.33 bits per heavy atom. The van der Waals surface area contributed by atoms with E-state index in [9.17, 15) is 0 Å². The average Bonchev–Trinajstić information content (AvgIpc) is 2.84. The highest BCUT2D eigenvalue weighted by Crippen LogP contribution is 2.23. The van der Waals surface area contributed by atoms with Crippen molar-refractivity contribution in [2.75, 3.05) is 0 Å². The molecule has 74 valence electrons. The molecule has 0 aliphatic heterocycles. The molecule has 1 N–H and O–H groups in total. The average molecular weight is 233 g/mol. The highest BCUT2D eigenvalue weighted by atomic mass is 32.1. The number of nitrogens with one attached hydrogen (secondary N) is 1. The molecule has 1 aromatic carbocycles. The molecule has 5 heteroatoms. The van der Waals surface area contributed by atoms with Crippen molar-refractivity contribution in [2.24, 2.45) is 0 Å². The zero-order chi connectivity index (χ0) is 10.3. The van der Waals surface area contributed by atoms with E-state index in [1.54, 1.807) is 17.7 Å². The van der Waals surface area contributed by atoms with Crippen LogP contribution in [-0.4, -0.2) is 14.8 Å². The first-order chi connectivity index (χ1) is 7.34. The number of fused-ring (bicyclic) bond motifs is 1. The van der Waals surface area contributed by atoms with E-state index in [1.165, 1.54) is 10.1 Å². The molecule has 0 spiro atoms. The minimum Gasteiger partial charge on any atom is -0.275 e. The number of aromatic amines is 1. The summed E-state index contributed by atoms with van der Waals surface area (Å²) in [5.74, 6) is 0. The van der Waals surface area contributed by atoms with Gasteiger partial charge in [-0.3, -0.25) is 9.67 Å². The van der Waals surface area contributed by atoms with Gasteiger partial charge in [0.1, 0.15) is 6.33 Å². The molecule has 0 saturated heterocycles. The smallest absolute Gasteiger partial charge is 0.199 e. The Morgan fingerprint density at radius 3 is 3.07 bits per heavy atom. The molecule has 15 heavy (non-hydrogen) atoms. The fraction of sp³-hybridized carbons (Fsp3) is 0. The van der Waals surface area contributed by atoms with Crippen molar-refractivity contribution in [1.29, 1.82) is 0 Å².